The lowest BCUT2D eigenvalue weighted by Crippen LogP contribution is -2.18. The van der Waals surface area contributed by atoms with E-state index in [1.54, 1.807) is 6.20 Å². The molecule has 1 heterocycles. The average Bonchev–Trinajstić information content (AvgIpc) is 2.42. The molecule has 18 heavy (non-hydrogen) atoms. The number of nitrogens with one attached hydrogen (secondary N) is 1. The Labute approximate surface area is 117 Å². The SMILES string of the molecule is COC(=O)CCCSC(=S)NCc1ccccn1. The van der Waals surface area contributed by atoms with Gasteiger partial charge in [-0.1, -0.05) is 30.0 Å². The number of ether oxygens (including phenoxy) is 1. The molecule has 0 aliphatic heterocycles. The molecule has 1 N–H and O–H groups in total. The standard InChI is InChI=1S/C12H16N2O2S2/c1-16-11(15)6-4-8-18-12(17)14-9-10-5-2-3-7-13-10/h2-3,5,7H,4,6,8-9H2,1H3,(H,14,17). The minimum Gasteiger partial charge on any atom is -0.469 e. The van der Waals surface area contributed by atoms with Crippen molar-refractivity contribution in [2.45, 2.75) is 19.4 Å². The summed E-state index contributed by atoms with van der Waals surface area (Å²) in [5, 5.41) is 3.12. The van der Waals surface area contributed by atoms with Crippen LogP contribution in [0.5, 0.6) is 0 Å². The van der Waals surface area contributed by atoms with Crippen LogP contribution < -0.4 is 5.32 Å². The number of rotatable bonds is 6. The molecule has 0 unspecified atom stereocenters. The van der Waals surface area contributed by atoms with Crippen LogP contribution in [0.3, 0.4) is 0 Å². The maximum absolute atomic E-state index is 10.9. The third-order valence-electron chi connectivity index (χ3n) is 2.13. The third-order valence-corrected chi connectivity index (χ3v) is 3.52. The van der Waals surface area contributed by atoms with Crippen molar-refractivity contribution in [3.05, 3.63) is 30.1 Å². The molecule has 0 saturated heterocycles. The van der Waals surface area contributed by atoms with Crippen molar-refractivity contribution in [3.8, 4) is 0 Å². The molecule has 0 spiro atoms. The van der Waals surface area contributed by atoms with Gasteiger partial charge in [-0.3, -0.25) is 9.78 Å². The number of pyridine rings is 1. The lowest BCUT2D eigenvalue weighted by Gasteiger charge is -2.06. The average molecular weight is 284 g/mol. The van der Waals surface area contributed by atoms with E-state index < -0.39 is 0 Å². The van der Waals surface area contributed by atoms with Crippen molar-refractivity contribution in [1.29, 1.82) is 0 Å². The summed E-state index contributed by atoms with van der Waals surface area (Å²) < 4.78 is 5.28. The molecule has 4 nitrogen and oxygen atoms in total. The summed E-state index contributed by atoms with van der Waals surface area (Å²) in [7, 11) is 1.40. The van der Waals surface area contributed by atoms with Crippen LogP contribution in [0.4, 0.5) is 0 Å². The van der Waals surface area contributed by atoms with Gasteiger partial charge in [0.05, 0.1) is 19.3 Å². The highest BCUT2D eigenvalue weighted by molar-refractivity contribution is 8.22. The van der Waals surface area contributed by atoms with E-state index >= 15 is 0 Å². The monoisotopic (exact) mass is 284 g/mol. The lowest BCUT2D eigenvalue weighted by molar-refractivity contribution is -0.140. The normalized spacial score (nSPS) is 9.83. The maximum atomic E-state index is 10.9. The number of nitrogens with zero attached hydrogens (tertiary/aromatic N) is 1. The minimum atomic E-state index is -0.178. The summed E-state index contributed by atoms with van der Waals surface area (Å²) in [4.78, 5) is 15.1. The Hall–Kier alpha value is -1.14. The molecule has 0 fully saturated rings. The highest BCUT2D eigenvalue weighted by Crippen LogP contribution is 2.07. The van der Waals surface area contributed by atoms with E-state index in [1.165, 1.54) is 18.9 Å². The van der Waals surface area contributed by atoms with Crippen LogP contribution in [0.2, 0.25) is 0 Å². The topological polar surface area (TPSA) is 51.2 Å². The third kappa shape index (κ3) is 6.56. The number of carbonyl (C=O) groups excluding carboxylic acids is 1. The van der Waals surface area contributed by atoms with Gasteiger partial charge in [0.25, 0.3) is 0 Å². The highest BCUT2D eigenvalue weighted by Gasteiger charge is 2.02. The Morgan fingerprint density at radius 1 is 1.56 bits per heavy atom. The van der Waals surface area contributed by atoms with Crippen LogP contribution in [-0.2, 0) is 16.1 Å². The Kier molecular flexibility index (Phi) is 7.36. The zero-order valence-electron chi connectivity index (χ0n) is 10.2. The van der Waals surface area contributed by atoms with Crippen molar-refractivity contribution < 1.29 is 9.53 Å². The van der Waals surface area contributed by atoms with Crippen molar-refractivity contribution in [2.24, 2.45) is 0 Å². The van der Waals surface area contributed by atoms with Crippen LogP contribution in [-0.4, -0.2) is 28.1 Å². The summed E-state index contributed by atoms with van der Waals surface area (Å²) in [5.41, 5.74) is 0.954. The van der Waals surface area contributed by atoms with Crippen LogP contribution in [0.15, 0.2) is 24.4 Å². The number of aromatic nitrogens is 1. The molecule has 0 radical (unpaired) electrons. The van der Waals surface area contributed by atoms with Gasteiger partial charge < -0.3 is 10.1 Å². The molecule has 0 aromatic carbocycles. The van der Waals surface area contributed by atoms with Crippen molar-refractivity contribution in [3.63, 3.8) is 0 Å². The molecule has 0 aliphatic carbocycles. The fourth-order valence-electron chi connectivity index (χ4n) is 1.20. The number of methoxy groups -OCH3 is 1. The predicted molar refractivity (Wildman–Crippen MR) is 77.4 cm³/mol. The Bertz CT molecular complexity index is 385. The molecule has 0 aliphatic rings. The molecule has 0 atom stereocenters. The summed E-state index contributed by atoms with van der Waals surface area (Å²) >= 11 is 6.70. The second-order valence-electron chi connectivity index (χ2n) is 3.49. The maximum Gasteiger partial charge on any atom is 0.305 e. The smallest absolute Gasteiger partial charge is 0.305 e. The highest BCUT2D eigenvalue weighted by atomic mass is 32.2. The minimum absolute atomic E-state index is 0.178. The van der Waals surface area contributed by atoms with Gasteiger partial charge in [-0.2, -0.15) is 0 Å². The first-order valence-corrected chi connectivity index (χ1v) is 6.99. The molecule has 1 aromatic heterocycles. The molecule has 0 saturated carbocycles. The summed E-state index contributed by atoms with van der Waals surface area (Å²) in [6, 6.07) is 5.76. The second-order valence-corrected chi connectivity index (χ2v) is 5.26. The van der Waals surface area contributed by atoms with Gasteiger partial charge in [0.15, 0.2) is 0 Å². The van der Waals surface area contributed by atoms with Crippen molar-refractivity contribution in [1.82, 2.24) is 10.3 Å². The number of thioether (sulfide) groups is 1. The first-order valence-electron chi connectivity index (χ1n) is 5.59. The molecular formula is C12H16N2O2S2. The van der Waals surface area contributed by atoms with Gasteiger partial charge in [-0.15, -0.1) is 0 Å². The molecule has 1 rings (SSSR count). The van der Waals surface area contributed by atoms with E-state index in [1.807, 2.05) is 18.2 Å². The van der Waals surface area contributed by atoms with Crippen LogP contribution in [0.1, 0.15) is 18.5 Å². The van der Waals surface area contributed by atoms with Gasteiger partial charge >= 0.3 is 5.97 Å². The van der Waals surface area contributed by atoms with Crippen molar-refractivity contribution >= 4 is 34.3 Å². The zero-order chi connectivity index (χ0) is 13.2. The summed E-state index contributed by atoms with van der Waals surface area (Å²) in [6.45, 7) is 0.629. The number of hydrogen-bond donors (Lipinski definition) is 1. The van der Waals surface area contributed by atoms with E-state index in [-0.39, 0.29) is 5.97 Å². The molecule has 1 aromatic rings. The van der Waals surface area contributed by atoms with Gasteiger partial charge in [0.2, 0.25) is 0 Å². The Morgan fingerprint density at radius 2 is 2.39 bits per heavy atom. The molecule has 0 bridgehead atoms. The van der Waals surface area contributed by atoms with Gasteiger partial charge in [0.1, 0.15) is 4.32 Å². The van der Waals surface area contributed by atoms with E-state index in [2.05, 4.69) is 15.0 Å². The van der Waals surface area contributed by atoms with Crippen LogP contribution in [0, 0.1) is 0 Å². The van der Waals surface area contributed by atoms with Crippen LogP contribution in [0.25, 0.3) is 0 Å². The van der Waals surface area contributed by atoms with E-state index in [0.29, 0.717) is 13.0 Å². The number of esters is 1. The molecule has 98 valence electrons. The number of thiocarbonyl (C=S) groups is 1. The fourth-order valence-corrected chi connectivity index (χ4v) is 2.17. The zero-order valence-corrected chi connectivity index (χ0v) is 11.9. The Balaban J connectivity index is 2.09. The van der Waals surface area contributed by atoms with Crippen molar-refractivity contribution in [2.75, 3.05) is 12.9 Å². The van der Waals surface area contributed by atoms with E-state index in [0.717, 1.165) is 22.2 Å². The van der Waals surface area contributed by atoms with Crippen LogP contribution >= 0.6 is 24.0 Å². The number of carbonyl (C=O) groups is 1. The Morgan fingerprint density at radius 3 is 3.06 bits per heavy atom. The summed E-state index contributed by atoms with van der Waals surface area (Å²) in [6.07, 6.45) is 2.96. The quantitative estimate of drug-likeness (QED) is 0.491. The molecule has 6 heteroatoms. The largest absolute Gasteiger partial charge is 0.469 e. The lowest BCUT2D eigenvalue weighted by atomic mass is 10.3. The summed E-state index contributed by atoms with van der Waals surface area (Å²) in [5.74, 6) is 0.631. The first-order chi connectivity index (χ1) is 8.72. The van der Waals surface area contributed by atoms with E-state index in [4.69, 9.17) is 12.2 Å². The first kappa shape index (κ1) is 14.9. The van der Waals surface area contributed by atoms with E-state index in [9.17, 15) is 4.79 Å². The molecule has 0 amide bonds. The number of hydrogen-bond acceptors (Lipinski definition) is 5. The van der Waals surface area contributed by atoms with Gasteiger partial charge in [-0.25, -0.2) is 0 Å². The predicted octanol–water partition coefficient (Wildman–Crippen LogP) is 2.14. The molecular weight excluding hydrogens is 268 g/mol. The van der Waals surface area contributed by atoms with Gasteiger partial charge in [0, 0.05) is 18.4 Å². The van der Waals surface area contributed by atoms with Gasteiger partial charge in [-0.05, 0) is 18.6 Å². The fraction of sp³-hybridized carbons (Fsp3) is 0.417. The second kappa shape index (κ2) is 8.88.